The lowest BCUT2D eigenvalue weighted by Gasteiger charge is -2.35. The number of alkyl halides is 3. The first-order valence-electron chi connectivity index (χ1n) is 8.37. The molecule has 0 unspecified atom stereocenters. The zero-order valence-electron chi connectivity index (χ0n) is 14.2. The van der Waals surface area contributed by atoms with E-state index in [4.69, 9.17) is 0 Å². The lowest BCUT2D eigenvalue weighted by Crippen LogP contribution is -2.47. The van der Waals surface area contributed by atoms with Gasteiger partial charge in [-0.1, -0.05) is 0 Å². The summed E-state index contributed by atoms with van der Waals surface area (Å²) in [5.74, 6) is 1.94. The molecular formula is C17H16F3N7. The second-order valence-electron chi connectivity index (χ2n) is 6.08. The third-order valence-corrected chi connectivity index (χ3v) is 4.38. The number of aromatic nitrogens is 5. The van der Waals surface area contributed by atoms with Gasteiger partial charge in [-0.3, -0.25) is 0 Å². The van der Waals surface area contributed by atoms with Gasteiger partial charge in [0.2, 0.25) is 0 Å². The molecule has 0 spiro atoms. The molecule has 0 radical (unpaired) electrons. The predicted molar refractivity (Wildman–Crippen MR) is 92.8 cm³/mol. The standard InChI is InChI=1S/C17H16F3N7/c18-17(19,20)13-2-3-14(21-12-13)25-8-10-26(11-9-25)15-4-5-16(24-23-15)27-7-1-6-22-27/h1-7,12H,8-11H2. The van der Waals surface area contributed by atoms with Crippen molar-refractivity contribution in [1.82, 2.24) is 25.0 Å². The zero-order valence-corrected chi connectivity index (χ0v) is 14.2. The highest BCUT2D eigenvalue weighted by Gasteiger charge is 2.31. The van der Waals surface area contributed by atoms with Crippen LogP contribution >= 0.6 is 0 Å². The van der Waals surface area contributed by atoms with Crippen molar-refractivity contribution in [2.45, 2.75) is 6.18 Å². The van der Waals surface area contributed by atoms with Crippen LogP contribution < -0.4 is 9.80 Å². The second-order valence-corrected chi connectivity index (χ2v) is 6.08. The summed E-state index contributed by atoms with van der Waals surface area (Å²) in [5, 5.41) is 12.5. The van der Waals surface area contributed by atoms with E-state index < -0.39 is 11.7 Å². The quantitative estimate of drug-likeness (QED) is 0.701. The number of rotatable bonds is 3. The highest BCUT2D eigenvalue weighted by Crippen LogP contribution is 2.29. The Morgan fingerprint density at radius 1 is 0.815 bits per heavy atom. The van der Waals surface area contributed by atoms with Gasteiger partial charge in [0.15, 0.2) is 11.6 Å². The molecule has 3 aromatic rings. The summed E-state index contributed by atoms with van der Waals surface area (Å²) in [6.07, 6.45) is -0.0317. The summed E-state index contributed by atoms with van der Waals surface area (Å²) < 4.78 is 39.6. The third-order valence-electron chi connectivity index (χ3n) is 4.38. The fourth-order valence-electron chi connectivity index (χ4n) is 2.92. The van der Waals surface area contributed by atoms with E-state index in [1.54, 1.807) is 17.1 Å². The van der Waals surface area contributed by atoms with E-state index in [1.807, 2.05) is 23.1 Å². The molecule has 0 atom stereocenters. The van der Waals surface area contributed by atoms with Crippen LogP contribution in [-0.2, 0) is 6.18 Å². The molecule has 1 aliphatic heterocycles. The second kappa shape index (κ2) is 6.86. The topological polar surface area (TPSA) is 63.0 Å². The van der Waals surface area contributed by atoms with E-state index in [9.17, 15) is 13.2 Å². The lowest BCUT2D eigenvalue weighted by molar-refractivity contribution is -0.137. The van der Waals surface area contributed by atoms with Gasteiger partial charge in [-0.15, -0.1) is 10.2 Å². The Hall–Kier alpha value is -3.17. The van der Waals surface area contributed by atoms with Crippen molar-refractivity contribution in [3.63, 3.8) is 0 Å². The van der Waals surface area contributed by atoms with Crippen LogP contribution in [0.15, 0.2) is 48.9 Å². The van der Waals surface area contributed by atoms with Crippen molar-refractivity contribution in [2.24, 2.45) is 0 Å². The molecule has 0 aliphatic carbocycles. The molecule has 4 heterocycles. The summed E-state index contributed by atoms with van der Waals surface area (Å²) in [4.78, 5) is 8.00. The van der Waals surface area contributed by atoms with Gasteiger partial charge in [0.05, 0.1) is 5.56 Å². The van der Waals surface area contributed by atoms with Crippen LogP contribution in [0.4, 0.5) is 24.8 Å². The smallest absolute Gasteiger partial charge is 0.353 e. The third kappa shape index (κ3) is 3.69. The molecule has 0 amide bonds. The van der Waals surface area contributed by atoms with Crippen molar-refractivity contribution in [3.8, 4) is 5.82 Å². The van der Waals surface area contributed by atoms with E-state index >= 15 is 0 Å². The molecule has 1 fully saturated rings. The fraction of sp³-hybridized carbons (Fsp3) is 0.294. The van der Waals surface area contributed by atoms with Crippen molar-refractivity contribution in [1.29, 1.82) is 0 Å². The van der Waals surface area contributed by atoms with Gasteiger partial charge in [-0.25, -0.2) is 9.67 Å². The maximum Gasteiger partial charge on any atom is 0.417 e. The number of nitrogens with zero attached hydrogens (tertiary/aromatic N) is 7. The van der Waals surface area contributed by atoms with Crippen LogP contribution in [-0.4, -0.2) is 51.1 Å². The summed E-state index contributed by atoms with van der Waals surface area (Å²) in [7, 11) is 0. The molecule has 10 heteroatoms. The van der Waals surface area contributed by atoms with Crippen molar-refractivity contribution in [2.75, 3.05) is 36.0 Å². The number of anilines is 2. The van der Waals surface area contributed by atoms with Crippen molar-refractivity contribution < 1.29 is 13.2 Å². The van der Waals surface area contributed by atoms with E-state index in [0.29, 0.717) is 37.8 Å². The molecule has 140 valence electrons. The number of pyridine rings is 1. The first kappa shape index (κ1) is 17.3. The lowest BCUT2D eigenvalue weighted by atomic mass is 10.2. The highest BCUT2D eigenvalue weighted by molar-refractivity contribution is 5.45. The van der Waals surface area contributed by atoms with E-state index in [1.165, 1.54) is 6.07 Å². The molecule has 0 bridgehead atoms. The number of piperazine rings is 1. The Bertz CT molecular complexity index is 868. The van der Waals surface area contributed by atoms with Gasteiger partial charge in [0.1, 0.15) is 5.82 Å². The molecule has 0 saturated carbocycles. The maximum atomic E-state index is 12.6. The largest absolute Gasteiger partial charge is 0.417 e. The SMILES string of the molecule is FC(F)(F)c1ccc(N2CCN(c3ccc(-n4cccn4)nn3)CC2)nc1. The minimum atomic E-state index is -4.37. The number of hydrogen-bond acceptors (Lipinski definition) is 6. The van der Waals surface area contributed by atoms with Gasteiger partial charge in [0, 0.05) is 44.8 Å². The van der Waals surface area contributed by atoms with Crippen molar-refractivity contribution >= 4 is 11.6 Å². The molecule has 27 heavy (non-hydrogen) atoms. The van der Waals surface area contributed by atoms with E-state index in [2.05, 4.69) is 25.2 Å². The van der Waals surface area contributed by atoms with Crippen LogP contribution in [0.1, 0.15) is 5.56 Å². The fourth-order valence-corrected chi connectivity index (χ4v) is 2.92. The minimum absolute atomic E-state index is 0.544. The zero-order chi connectivity index (χ0) is 18.9. The average Bonchev–Trinajstić information content (AvgIpc) is 3.23. The van der Waals surface area contributed by atoms with E-state index in [0.717, 1.165) is 18.1 Å². The Balaban J connectivity index is 1.39. The Kier molecular flexibility index (Phi) is 4.38. The maximum absolute atomic E-state index is 12.6. The molecule has 0 aromatic carbocycles. The summed E-state index contributed by atoms with van der Waals surface area (Å²) in [5.41, 5.74) is -0.738. The van der Waals surface area contributed by atoms with Crippen LogP contribution in [0.3, 0.4) is 0 Å². The summed E-state index contributed by atoms with van der Waals surface area (Å²) >= 11 is 0. The highest BCUT2D eigenvalue weighted by atomic mass is 19.4. The van der Waals surface area contributed by atoms with E-state index in [-0.39, 0.29) is 0 Å². The minimum Gasteiger partial charge on any atom is -0.353 e. The molecule has 1 aliphatic rings. The van der Waals surface area contributed by atoms with Crippen LogP contribution in [0.5, 0.6) is 0 Å². The first-order valence-corrected chi connectivity index (χ1v) is 8.37. The molecule has 4 rings (SSSR count). The van der Waals surface area contributed by atoms with Crippen molar-refractivity contribution in [3.05, 3.63) is 54.5 Å². The summed E-state index contributed by atoms with van der Waals surface area (Å²) in [6, 6.07) is 8.02. The molecule has 7 nitrogen and oxygen atoms in total. The van der Waals surface area contributed by atoms with Crippen LogP contribution in [0.2, 0.25) is 0 Å². The molecule has 1 saturated heterocycles. The first-order chi connectivity index (χ1) is 13.0. The molecular weight excluding hydrogens is 359 g/mol. The van der Waals surface area contributed by atoms with Crippen LogP contribution in [0.25, 0.3) is 5.82 Å². The normalized spacial score (nSPS) is 15.2. The summed E-state index contributed by atoms with van der Waals surface area (Å²) in [6.45, 7) is 2.64. The van der Waals surface area contributed by atoms with Gasteiger partial charge in [-0.05, 0) is 30.3 Å². The molecule has 3 aromatic heterocycles. The number of hydrogen-bond donors (Lipinski definition) is 0. The number of halogens is 3. The van der Waals surface area contributed by atoms with Gasteiger partial charge >= 0.3 is 6.18 Å². The predicted octanol–water partition coefficient (Wildman–Crippen LogP) is 2.40. The monoisotopic (exact) mass is 375 g/mol. The average molecular weight is 375 g/mol. The Morgan fingerprint density at radius 3 is 1.96 bits per heavy atom. The van der Waals surface area contributed by atoms with Gasteiger partial charge in [0.25, 0.3) is 0 Å². The van der Waals surface area contributed by atoms with Gasteiger partial charge < -0.3 is 9.80 Å². The molecule has 0 N–H and O–H groups in total. The Labute approximate surface area is 153 Å². The Morgan fingerprint density at radius 2 is 1.44 bits per heavy atom. The van der Waals surface area contributed by atoms with Crippen LogP contribution in [0, 0.1) is 0 Å². The van der Waals surface area contributed by atoms with Gasteiger partial charge in [-0.2, -0.15) is 18.3 Å².